The van der Waals surface area contributed by atoms with Crippen molar-refractivity contribution in [1.82, 2.24) is 14.5 Å². The molecule has 10 heteroatoms. The number of carbonyl (C=O) groups excluding carboxylic acids is 3. The fourth-order valence-electron chi connectivity index (χ4n) is 3.79. The van der Waals surface area contributed by atoms with Gasteiger partial charge in [-0.25, -0.2) is 12.7 Å². The van der Waals surface area contributed by atoms with Gasteiger partial charge in [0.1, 0.15) is 10.9 Å². The summed E-state index contributed by atoms with van der Waals surface area (Å²) < 4.78 is 27.1. The summed E-state index contributed by atoms with van der Waals surface area (Å²) >= 11 is 3.42. The lowest BCUT2D eigenvalue weighted by Gasteiger charge is -2.29. The number of rotatable bonds is 9. The van der Waals surface area contributed by atoms with Gasteiger partial charge in [0.15, 0.2) is 0 Å². The van der Waals surface area contributed by atoms with Crippen molar-refractivity contribution < 1.29 is 22.8 Å². The lowest BCUT2D eigenvalue weighted by molar-refractivity contribution is -0.140. The van der Waals surface area contributed by atoms with Gasteiger partial charge in [-0.15, -0.1) is 0 Å². The van der Waals surface area contributed by atoms with Gasteiger partial charge in [0, 0.05) is 30.0 Å². The topological polar surface area (TPSA) is 104 Å². The van der Waals surface area contributed by atoms with E-state index >= 15 is 0 Å². The number of sulfonamides is 1. The van der Waals surface area contributed by atoms with Crippen LogP contribution in [0.2, 0.25) is 0 Å². The molecular formula is C24H28BrN3O5S. The fourth-order valence-corrected chi connectivity index (χ4v) is 5.84. The van der Waals surface area contributed by atoms with Crippen molar-refractivity contribution in [3.05, 3.63) is 64.1 Å². The van der Waals surface area contributed by atoms with Gasteiger partial charge >= 0.3 is 0 Å². The summed E-state index contributed by atoms with van der Waals surface area (Å²) in [5.41, 5.74) is 0.990. The zero-order valence-electron chi connectivity index (χ0n) is 19.3. The Morgan fingerprint density at radius 1 is 1.09 bits per heavy atom. The first-order valence-electron chi connectivity index (χ1n) is 11.0. The second kappa shape index (κ2) is 10.7. The lowest BCUT2D eigenvalue weighted by atomic mass is 10.1. The molecule has 0 radical (unpaired) electrons. The molecule has 2 aromatic carbocycles. The molecule has 0 aromatic heterocycles. The van der Waals surface area contributed by atoms with Gasteiger partial charge in [0.05, 0.1) is 5.56 Å². The molecule has 2 aromatic rings. The van der Waals surface area contributed by atoms with Crippen molar-refractivity contribution in [2.45, 2.75) is 57.1 Å². The number of halogens is 1. The summed E-state index contributed by atoms with van der Waals surface area (Å²) in [6, 6.07) is 12.7. The van der Waals surface area contributed by atoms with Crippen LogP contribution < -0.4 is 5.32 Å². The summed E-state index contributed by atoms with van der Waals surface area (Å²) in [6.45, 7) is 5.46. The van der Waals surface area contributed by atoms with Gasteiger partial charge in [0.2, 0.25) is 11.8 Å². The molecule has 0 fully saturated rings. The summed E-state index contributed by atoms with van der Waals surface area (Å²) in [5, 5.41) is 2.83. The Bertz CT molecular complexity index is 1200. The number of nitrogens with one attached hydrogen (secondary N) is 1. The van der Waals surface area contributed by atoms with Gasteiger partial charge < -0.3 is 10.2 Å². The SMILES string of the molecule is CC(C)NC(=O)[C@H](C)N(Cc1cccc(Br)c1)C(=O)CCCN1C(=O)c2ccccc2S1(=O)=O. The van der Waals surface area contributed by atoms with E-state index in [4.69, 9.17) is 0 Å². The quantitative estimate of drug-likeness (QED) is 0.516. The monoisotopic (exact) mass is 549 g/mol. The normalized spacial score (nSPS) is 15.2. The molecule has 0 unspecified atom stereocenters. The maximum Gasteiger partial charge on any atom is 0.269 e. The van der Waals surface area contributed by atoms with Crippen LogP contribution in [-0.2, 0) is 26.2 Å². The molecule has 1 heterocycles. The molecule has 0 spiro atoms. The molecular weight excluding hydrogens is 522 g/mol. The predicted molar refractivity (Wildman–Crippen MR) is 131 cm³/mol. The highest BCUT2D eigenvalue weighted by molar-refractivity contribution is 9.10. The molecule has 0 aliphatic carbocycles. The number of amides is 3. The Morgan fingerprint density at radius 3 is 2.44 bits per heavy atom. The van der Waals surface area contributed by atoms with Crippen LogP contribution in [0.25, 0.3) is 0 Å². The average Bonchev–Trinajstić information content (AvgIpc) is 2.97. The molecule has 34 heavy (non-hydrogen) atoms. The molecule has 3 rings (SSSR count). The van der Waals surface area contributed by atoms with Crippen molar-refractivity contribution in [3.63, 3.8) is 0 Å². The smallest absolute Gasteiger partial charge is 0.269 e. The Kier molecular flexibility index (Phi) is 8.14. The second-order valence-electron chi connectivity index (χ2n) is 8.47. The summed E-state index contributed by atoms with van der Waals surface area (Å²) in [6.07, 6.45) is 0.133. The van der Waals surface area contributed by atoms with E-state index in [1.54, 1.807) is 19.1 Å². The van der Waals surface area contributed by atoms with Crippen molar-refractivity contribution in [2.75, 3.05) is 6.54 Å². The average molecular weight is 550 g/mol. The summed E-state index contributed by atoms with van der Waals surface area (Å²) in [4.78, 5) is 39.9. The Morgan fingerprint density at radius 2 is 1.79 bits per heavy atom. The van der Waals surface area contributed by atoms with Crippen LogP contribution in [0, 0.1) is 0 Å². The predicted octanol–water partition coefficient (Wildman–Crippen LogP) is 3.32. The lowest BCUT2D eigenvalue weighted by Crippen LogP contribution is -2.49. The third-order valence-corrected chi connectivity index (χ3v) is 7.84. The Balaban J connectivity index is 1.71. The first kappa shape index (κ1) is 25.9. The van der Waals surface area contributed by atoms with Crippen molar-refractivity contribution >= 4 is 43.7 Å². The molecule has 1 aliphatic heterocycles. The Labute approximate surface area is 208 Å². The van der Waals surface area contributed by atoms with Gasteiger partial charge in [-0.3, -0.25) is 14.4 Å². The van der Waals surface area contributed by atoms with E-state index in [0.29, 0.717) is 0 Å². The number of fused-ring (bicyclic) bond motifs is 1. The first-order valence-corrected chi connectivity index (χ1v) is 13.3. The molecule has 1 aliphatic rings. The van der Waals surface area contributed by atoms with Crippen molar-refractivity contribution in [2.24, 2.45) is 0 Å². The van der Waals surface area contributed by atoms with E-state index in [9.17, 15) is 22.8 Å². The molecule has 0 bridgehead atoms. The van der Waals surface area contributed by atoms with Gasteiger partial charge in [-0.05, 0) is 57.0 Å². The van der Waals surface area contributed by atoms with E-state index in [0.717, 1.165) is 14.3 Å². The number of carbonyl (C=O) groups is 3. The third kappa shape index (κ3) is 5.67. The minimum atomic E-state index is -3.92. The minimum Gasteiger partial charge on any atom is -0.352 e. The van der Waals surface area contributed by atoms with Crippen LogP contribution >= 0.6 is 15.9 Å². The maximum absolute atomic E-state index is 13.2. The highest BCUT2D eigenvalue weighted by Gasteiger charge is 2.40. The number of nitrogens with zero attached hydrogens (tertiary/aromatic N) is 2. The molecule has 1 N–H and O–H groups in total. The first-order chi connectivity index (χ1) is 16.0. The van der Waals surface area contributed by atoms with E-state index in [1.807, 2.05) is 38.1 Å². The highest BCUT2D eigenvalue weighted by atomic mass is 79.9. The molecule has 182 valence electrons. The maximum atomic E-state index is 13.2. The zero-order chi connectivity index (χ0) is 25.0. The van der Waals surface area contributed by atoms with Crippen LogP contribution in [0.3, 0.4) is 0 Å². The number of hydrogen-bond acceptors (Lipinski definition) is 5. The minimum absolute atomic E-state index is 0.0110. The van der Waals surface area contributed by atoms with Crippen molar-refractivity contribution in [3.8, 4) is 0 Å². The highest BCUT2D eigenvalue weighted by Crippen LogP contribution is 2.30. The zero-order valence-corrected chi connectivity index (χ0v) is 21.7. The Hall–Kier alpha value is -2.72. The molecule has 1 atom stereocenters. The fraction of sp³-hybridized carbons (Fsp3) is 0.375. The standard InChI is InChI=1S/C24H28BrN3O5S/c1-16(2)26-23(30)17(3)27(15-18-8-6-9-19(25)14-18)22(29)12-7-13-28-24(31)20-10-4-5-11-21(20)34(28,32)33/h4-6,8-11,14,16-17H,7,12-13,15H2,1-3H3,(H,26,30)/t17-/m0/s1. The van der Waals surface area contributed by atoms with Crippen LogP contribution in [0.5, 0.6) is 0 Å². The molecule has 3 amide bonds. The van der Waals surface area contributed by atoms with Gasteiger partial charge in [0.25, 0.3) is 15.9 Å². The summed E-state index contributed by atoms with van der Waals surface area (Å²) in [7, 11) is -3.92. The van der Waals surface area contributed by atoms with Crippen LogP contribution in [-0.4, -0.2) is 54.0 Å². The van der Waals surface area contributed by atoms with E-state index in [2.05, 4.69) is 21.2 Å². The van der Waals surface area contributed by atoms with Crippen LogP contribution in [0.4, 0.5) is 0 Å². The van der Waals surface area contributed by atoms with Crippen molar-refractivity contribution in [1.29, 1.82) is 0 Å². The van der Waals surface area contributed by atoms with E-state index in [1.165, 1.54) is 17.0 Å². The largest absolute Gasteiger partial charge is 0.352 e. The molecule has 0 saturated carbocycles. The van der Waals surface area contributed by atoms with E-state index < -0.39 is 22.0 Å². The molecule has 8 nitrogen and oxygen atoms in total. The third-order valence-electron chi connectivity index (χ3n) is 5.50. The van der Waals surface area contributed by atoms with Crippen LogP contribution in [0.15, 0.2) is 57.9 Å². The van der Waals surface area contributed by atoms with Crippen LogP contribution in [0.1, 0.15) is 49.5 Å². The summed E-state index contributed by atoms with van der Waals surface area (Å²) in [5.74, 6) is -1.15. The second-order valence-corrected chi connectivity index (χ2v) is 11.2. The number of benzene rings is 2. The molecule has 0 saturated heterocycles. The van der Waals surface area contributed by atoms with Gasteiger partial charge in [-0.2, -0.15) is 0 Å². The number of hydrogen-bond donors (Lipinski definition) is 1. The van der Waals surface area contributed by atoms with E-state index in [-0.39, 0.29) is 54.2 Å². The van der Waals surface area contributed by atoms with Gasteiger partial charge in [-0.1, -0.05) is 40.2 Å².